The van der Waals surface area contributed by atoms with Crippen molar-refractivity contribution in [3.8, 4) is 0 Å². The first-order valence-electron chi connectivity index (χ1n) is 6.98. The second kappa shape index (κ2) is 7.40. The number of fused-ring (bicyclic) bond motifs is 1. The van der Waals surface area contributed by atoms with Crippen LogP contribution in [0.5, 0.6) is 0 Å². The molecule has 0 aliphatic rings. The molecule has 20 heavy (non-hydrogen) atoms. The normalized spacial score (nSPS) is 11.2. The second-order valence-corrected chi connectivity index (χ2v) is 5.07. The number of anilines is 1. The minimum Gasteiger partial charge on any atom is -0.395 e. The van der Waals surface area contributed by atoms with Crippen LogP contribution < -0.4 is 4.90 Å². The van der Waals surface area contributed by atoms with Gasteiger partial charge in [-0.25, -0.2) is 0 Å². The van der Waals surface area contributed by atoms with E-state index in [0.717, 1.165) is 18.8 Å². The summed E-state index contributed by atoms with van der Waals surface area (Å²) in [5.74, 6) is 1.30. The molecule has 0 radical (unpaired) electrons. The molecule has 0 saturated carbocycles. The van der Waals surface area contributed by atoms with E-state index in [-0.39, 0.29) is 6.61 Å². The lowest BCUT2D eigenvalue weighted by Crippen LogP contribution is -2.30. The largest absolute Gasteiger partial charge is 0.395 e. The second-order valence-electron chi connectivity index (χ2n) is 4.68. The van der Waals surface area contributed by atoms with E-state index in [1.807, 2.05) is 0 Å². The molecule has 110 valence electrons. The van der Waals surface area contributed by atoms with E-state index in [1.54, 1.807) is 10.6 Å². The predicted molar refractivity (Wildman–Crippen MR) is 79.2 cm³/mol. The Morgan fingerprint density at radius 1 is 1.30 bits per heavy atom. The summed E-state index contributed by atoms with van der Waals surface area (Å²) in [6.45, 7) is 3.67. The maximum absolute atomic E-state index is 9.26. The molecule has 0 spiro atoms. The molecule has 2 aromatic rings. The molecule has 0 aromatic carbocycles. The smallest absolute Gasteiger partial charge is 0.255 e. The number of rotatable bonds is 8. The minimum atomic E-state index is 0.0872. The molecule has 0 unspecified atom stereocenters. The van der Waals surface area contributed by atoms with Crippen molar-refractivity contribution in [1.29, 1.82) is 0 Å². The first-order chi connectivity index (χ1) is 9.76. The summed E-state index contributed by atoms with van der Waals surface area (Å²) in [6, 6.07) is 1.76. The van der Waals surface area contributed by atoms with Crippen molar-refractivity contribution in [3.05, 3.63) is 17.5 Å². The van der Waals surface area contributed by atoms with Crippen molar-refractivity contribution >= 4 is 23.2 Å². The fraction of sp³-hybridized carbons (Fsp3) is 0.615. The Hall–Kier alpha value is -1.40. The van der Waals surface area contributed by atoms with E-state index in [2.05, 4.69) is 26.9 Å². The maximum atomic E-state index is 9.26. The number of nitrogens with zero attached hydrogens (tertiary/aromatic N) is 5. The molecule has 0 atom stereocenters. The Bertz CT molecular complexity index is 545. The van der Waals surface area contributed by atoms with Crippen molar-refractivity contribution in [2.75, 3.05) is 24.6 Å². The third kappa shape index (κ3) is 3.58. The lowest BCUT2D eigenvalue weighted by Gasteiger charge is -2.24. The zero-order valence-corrected chi connectivity index (χ0v) is 12.4. The molecule has 0 saturated heterocycles. The quantitative estimate of drug-likeness (QED) is 0.597. The summed E-state index contributed by atoms with van der Waals surface area (Å²) >= 11 is 6.03. The molecule has 0 amide bonds. The summed E-state index contributed by atoms with van der Waals surface area (Å²) in [4.78, 5) is 10.2. The average molecular weight is 298 g/mol. The Kier molecular flexibility index (Phi) is 5.55. The average Bonchev–Trinajstić information content (AvgIpc) is 2.89. The van der Waals surface area contributed by atoms with E-state index in [0.29, 0.717) is 17.5 Å². The van der Waals surface area contributed by atoms with Gasteiger partial charge in [-0.15, -0.1) is 0 Å². The topological polar surface area (TPSA) is 66.5 Å². The van der Waals surface area contributed by atoms with Gasteiger partial charge in [0.1, 0.15) is 17.3 Å². The summed E-state index contributed by atoms with van der Waals surface area (Å²) in [5, 5.41) is 13.8. The fourth-order valence-corrected chi connectivity index (χ4v) is 2.36. The number of hydrogen-bond acceptors (Lipinski definition) is 5. The number of halogens is 1. The molecule has 0 aliphatic carbocycles. The highest BCUT2D eigenvalue weighted by atomic mass is 35.5. The zero-order valence-electron chi connectivity index (χ0n) is 11.7. The van der Waals surface area contributed by atoms with E-state index in [9.17, 15) is 5.11 Å². The van der Waals surface area contributed by atoms with Crippen LogP contribution in [0.1, 0.15) is 32.6 Å². The summed E-state index contributed by atoms with van der Waals surface area (Å²) < 4.78 is 1.65. The molecule has 2 heterocycles. The monoisotopic (exact) mass is 297 g/mol. The standard InChI is InChI=1S/C13H20ClN5O/c1-2-3-4-5-6-18(7-8-20)12-9-11(14)17-13-15-10-16-19(12)13/h9-10,20H,2-8H2,1H3. The van der Waals surface area contributed by atoms with Crippen LogP contribution in [0.15, 0.2) is 12.4 Å². The van der Waals surface area contributed by atoms with Gasteiger partial charge in [0.15, 0.2) is 0 Å². The van der Waals surface area contributed by atoms with Gasteiger partial charge in [-0.1, -0.05) is 37.8 Å². The van der Waals surface area contributed by atoms with Gasteiger partial charge < -0.3 is 10.0 Å². The van der Waals surface area contributed by atoms with Crippen LogP contribution in [0, 0.1) is 0 Å². The van der Waals surface area contributed by atoms with E-state index in [4.69, 9.17) is 11.6 Å². The maximum Gasteiger partial charge on any atom is 0.255 e. The molecule has 0 bridgehead atoms. The van der Waals surface area contributed by atoms with Crippen molar-refractivity contribution < 1.29 is 5.11 Å². The molecule has 0 fully saturated rings. The third-order valence-electron chi connectivity index (χ3n) is 3.18. The van der Waals surface area contributed by atoms with Gasteiger partial charge in [0, 0.05) is 19.2 Å². The molecule has 0 aliphatic heterocycles. The van der Waals surface area contributed by atoms with Gasteiger partial charge in [-0.05, 0) is 6.42 Å². The highest BCUT2D eigenvalue weighted by molar-refractivity contribution is 6.29. The van der Waals surface area contributed by atoms with Crippen molar-refractivity contribution in [2.45, 2.75) is 32.6 Å². The number of aliphatic hydroxyl groups is 1. The molecule has 7 heteroatoms. The Balaban J connectivity index is 2.19. The highest BCUT2D eigenvalue weighted by Gasteiger charge is 2.13. The van der Waals surface area contributed by atoms with Crippen LogP contribution in [0.4, 0.5) is 5.82 Å². The van der Waals surface area contributed by atoms with E-state index >= 15 is 0 Å². The van der Waals surface area contributed by atoms with Crippen LogP contribution in [0.25, 0.3) is 5.78 Å². The Labute approximate surface area is 123 Å². The van der Waals surface area contributed by atoms with Gasteiger partial charge in [-0.3, -0.25) is 0 Å². The Morgan fingerprint density at radius 3 is 2.90 bits per heavy atom. The first-order valence-corrected chi connectivity index (χ1v) is 7.36. The minimum absolute atomic E-state index is 0.0872. The molecule has 1 N–H and O–H groups in total. The number of aromatic nitrogens is 4. The number of aliphatic hydroxyl groups excluding tert-OH is 1. The third-order valence-corrected chi connectivity index (χ3v) is 3.37. The van der Waals surface area contributed by atoms with Crippen LogP contribution >= 0.6 is 11.6 Å². The van der Waals surface area contributed by atoms with E-state index < -0.39 is 0 Å². The first kappa shape index (κ1) is 15.0. The lowest BCUT2D eigenvalue weighted by atomic mass is 10.2. The number of unbranched alkanes of at least 4 members (excludes halogenated alkanes) is 3. The van der Waals surface area contributed by atoms with Crippen molar-refractivity contribution in [2.24, 2.45) is 0 Å². The van der Waals surface area contributed by atoms with Crippen molar-refractivity contribution in [1.82, 2.24) is 19.6 Å². The van der Waals surface area contributed by atoms with Gasteiger partial charge in [0.2, 0.25) is 0 Å². The van der Waals surface area contributed by atoms with Crippen LogP contribution in [-0.2, 0) is 0 Å². The summed E-state index contributed by atoms with van der Waals surface area (Å²) in [5.41, 5.74) is 0. The highest BCUT2D eigenvalue weighted by Crippen LogP contribution is 2.19. The Morgan fingerprint density at radius 2 is 2.15 bits per heavy atom. The van der Waals surface area contributed by atoms with Gasteiger partial charge in [0.05, 0.1) is 6.61 Å². The van der Waals surface area contributed by atoms with Crippen LogP contribution in [0.2, 0.25) is 5.15 Å². The molecular formula is C13H20ClN5O. The molecule has 2 rings (SSSR count). The lowest BCUT2D eigenvalue weighted by molar-refractivity contribution is 0.301. The van der Waals surface area contributed by atoms with Gasteiger partial charge in [-0.2, -0.15) is 19.6 Å². The van der Waals surface area contributed by atoms with E-state index in [1.165, 1.54) is 25.6 Å². The summed E-state index contributed by atoms with van der Waals surface area (Å²) in [7, 11) is 0. The SMILES string of the molecule is CCCCCCN(CCO)c1cc(Cl)nc2ncnn12. The molecule has 6 nitrogen and oxygen atoms in total. The zero-order chi connectivity index (χ0) is 14.4. The van der Waals surface area contributed by atoms with Crippen LogP contribution in [-0.4, -0.2) is 44.4 Å². The molecule has 2 aromatic heterocycles. The van der Waals surface area contributed by atoms with Gasteiger partial charge in [0.25, 0.3) is 5.78 Å². The van der Waals surface area contributed by atoms with Gasteiger partial charge >= 0.3 is 0 Å². The van der Waals surface area contributed by atoms with Crippen molar-refractivity contribution in [3.63, 3.8) is 0 Å². The predicted octanol–water partition coefficient (Wildman–Crippen LogP) is 2.16. The van der Waals surface area contributed by atoms with Crippen LogP contribution in [0.3, 0.4) is 0 Å². The fourth-order valence-electron chi connectivity index (χ4n) is 2.19. The number of hydrogen-bond donors (Lipinski definition) is 1. The summed E-state index contributed by atoms with van der Waals surface area (Å²) in [6.07, 6.45) is 6.13. The molecular weight excluding hydrogens is 278 g/mol.